The number of amides is 1. The first-order valence-electron chi connectivity index (χ1n) is 7.56. The summed E-state index contributed by atoms with van der Waals surface area (Å²) in [5, 5.41) is 6.00. The van der Waals surface area contributed by atoms with Crippen molar-refractivity contribution >= 4 is 28.3 Å². The summed E-state index contributed by atoms with van der Waals surface area (Å²) in [4.78, 5) is 11.9. The van der Waals surface area contributed by atoms with Gasteiger partial charge in [0.05, 0.1) is 0 Å². The highest BCUT2D eigenvalue weighted by Crippen LogP contribution is 2.25. The van der Waals surface area contributed by atoms with Gasteiger partial charge in [0.15, 0.2) is 0 Å². The van der Waals surface area contributed by atoms with Crippen molar-refractivity contribution < 1.29 is 13.2 Å². The Hall–Kier alpha value is -1.09. The first-order chi connectivity index (χ1) is 10.4. The summed E-state index contributed by atoms with van der Waals surface area (Å²) in [7, 11) is -0.354. The van der Waals surface area contributed by atoms with Gasteiger partial charge in [-0.25, -0.2) is 8.42 Å². The van der Waals surface area contributed by atoms with E-state index in [1.54, 1.807) is 15.9 Å². The molecule has 1 amide bonds. The van der Waals surface area contributed by atoms with Crippen LogP contribution >= 0.6 is 12.4 Å². The maximum atomic E-state index is 12.8. The van der Waals surface area contributed by atoms with Crippen molar-refractivity contribution in [1.82, 2.24) is 19.5 Å². The van der Waals surface area contributed by atoms with E-state index >= 15 is 0 Å². The number of hydrogen-bond acceptors (Lipinski definition) is 4. The molecular weight excluding hydrogens is 340 g/mol. The molecule has 0 saturated carbocycles. The minimum absolute atomic E-state index is 0. The lowest BCUT2D eigenvalue weighted by Gasteiger charge is -2.23. The molecule has 2 aliphatic rings. The van der Waals surface area contributed by atoms with Crippen LogP contribution in [0.15, 0.2) is 17.2 Å². The first kappa shape index (κ1) is 18.3. The Balaban J connectivity index is 0.00000192. The van der Waals surface area contributed by atoms with Gasteiger partial charge >= 0.3 is 0 Å². The van der Waals surface area contributed by atoms with E-state index in [9.17, 15) is 13.2 Å². The molecule has 3 rings (SSSR count). The Morgan fingerprint density at radius 3 is 2.70 bits per heavy atom. The average Bonchev–Trinajstić information content (AvgIpc) is 3.01. The van der Waals surface area contributed by atoms with Gasteiger partial charge < -0.3 is 15.2 Å². The monoisotopic (exact) mass is 362 g/mol. The van der Waals surface area contributed by atoms with Gasteiger partial charge in [-0.15, -0.1) is 12.4 Å². The summed E-state index contributed by atoms with van der Waals surface area (Å²) in [5.41, 5.74) is 0.343. The zero-order chi connectivity index (χ0) is 15.9. The Morgan fingerprint density at radius 2 is 2.00 bits per heavy atom. The predicted molar refractivity (Wildman–Crippen MR) is 89.4 cm³/mol. The molecule has 2 unspecified atom stereocenters. The number of rotatable bonds is 3. The van der Waals surface area contributed by atoms with Crippen molar-refractivity contribution in [2.75, 3.05) is 20.1 Å². The quantitative estimate of drug-likeness (QED) is 0.811. The second kappa shape index (κ2) is 6.80. The molecule has 9 heteroatoms. The number of nitrogens with zero attached hydrogens (tertiary/aromatic N) is 2. The van der Waals surface area contributed by atoms with Crippen LogP contribution in [0, 0.1) is 0 Å². The predicted octanol–water partition coefficient (Wildman–Crippen LogP) is 0.322. The summed E-state index contributed by atoms with van der Waals surface area (Å²) in [6, 6.07) is 2.12. The number of fused-ring (bicyclic) bond motifs is 2. The van der Waals surface area contributed by atoms with Crippen LogP contribution in [0.25, 0.3) is 0 Å². The smallest absolute Gasteiger partial charge is 0.267 e. The number of nitrogens with one attached hydrogen (secondary N) is 2. The third kappa shape index (κ3) is 3.40. The van der Waals surface area contributed by atoms with Crippen LogP contribution in [0.2, 0.25) is 0 Å². The summed E-state index contributed by atoms with van der Waals surface area (Å²) in [6.45, 7) is 1.03. The standard InChI is InChI=1S/C14H22N4O3S.ClH/c1-15-14(19)13-7-12(9-17(13)2)22(20,21)18-6-5-10-3-4-11(8-18)16-10;/h7,9-11,16H,3-6,8H2,1-2H3,(H,15,19);1H. The second-order valence-electron chi connectivity index (χ2n) is 6.04. The topological polar surface area (TPSA) is 83.4 Å². The Bertz CT molecular complexity index is 688. The molecule has 2 aliphatic heterocycles. The molecule has 0 radical (unpaired) electrons. The van der Waals surface area contributed by atoms with Crippen LogP contribution in [0.4, 0.5) is 0 Å². The number of aryl methyl sites for hydroxylation is 1. The first-order valence-corrected chi connectivity index (χ1v) is 9.00. The SMILES string of the molecule is CNC(=O)c1cc(S(=O)(=O)N2CCC3CCC(C2)N3)cn1C.Cl. The van der Waals surface area contributed by atoms with E-state index in [1.807, 2.05) is 0 Å². The van der Waals surface area contributed by atoms with E-state index in [-0.39, 0.29) is 29.3 Å². The number of halogens is 1. The van der Waals surface area contributed by atoms with Crippen LogP contribution < -0.4 is 10.6 Å². The van der Waals surface area contributed by atoms with E-state index in [0.29, 0.717) is 24.8 Å². The maximum absolute atomic E-state index is 12.8. The Labute approximate surface area is 142 Å². The van der Waals surface area contributed by atoms with Crippen molar-refractivity contribution in [3.8, 4) is 0 Å². The summed E-state index contributed by atoms with van der Waals surface area (Å²) < 4.78 is 28.8. The number of carbonyl (C=O) groups is 1. The molecule has 3 heterocycles. The van der Waals surface area contributed by atoms with Crippen LogP contribution in [0.3, 0.4) is 0 Å². The molecule has 2 N–H and O–H groups in total. The zero-order valence-electron chi connectivity index (χ0n) is 13.3. The van der Waals surface area contributed by atoms with E-state index < -0.39 is 10.0 Å². The minimum atomic E-state index is -3.56. The molecular formula is C14H23ClN4O3S. The molecule has 2 saturated heterocycles. The fraction of sp³-hybridized carbons (Fsp3) is 0.643. The van der Waals surface area contributed by atoms with Gasteiger partial charge in [-0.3, -0.25) is 4.79 Å². The number of aromatic nitrogens is 1. The van der Waals surface area contributed by atoms with Gasteiger partial charge in [-0.05, 0) is 25.3 Å². The molecule has 130 valence electrons. The van der Waals surface area contributed by atoms with Crippen molar-refractivity contribution in [2.24, 2.45) is 7.05 Å². The third-order valence-corrected chi connectivity index (χ3v) is 6.39. The molecule has 1 aromatic heterocycles. The number of hydrogen-bond donors (Lipinski definition) is 2. The lowest BCUT2D eigenvalue weighted by molar-refractivity contribution is 0.0955. The van der Waals surface area contributed by atoms with Crippen molar-refractivity contribution in [3.63, 3.8) is 0 Å². The van der Waals surface area contributed by atoms with Crippen molar-refractivity contribution in [3.05, 3.63) is 18.0 Å². The molecule has 0 aliphatic carbocycles. The largest absolute Gasteiger partial charge is 0.354 e. The summed E-state index contributed by atoms with van der Waals surface area (Å²) >= 11 is 0. The minimum Gasteiger partial charge on any atom is -0.354 e. The highest BCUT2D eigenvalue weighted by Gasteiger charge is 2.35. The van der Waals surface area contributed by atoms with Crippen molar-refractivity contribution in [2.45, 2.75) is 36.2 Å². The average molecular weight is 363 g/mol. The Morgan fingerprint density at radius 1 is 1.30 bits per heavy atom. The molecule has 2 atom stereocenters. The molecule has 0 aromatic carbocycles. The summed E-state index contributed by atoms with van der Waals surface area (Å²) in [5.74, 6) is -0.291. The van der Waals surface area contributed by atoms with E-state index in [2.05, 4.69) is 10.6 Å². The van der Waals surface area contributed by atoms with E-state index in [4.69, 9.17) is 0 Å². The van der Waals surface area contributed by atoms with Gasteiger partial charge in [-0.1, -0.05) is 0 Å². The van der Waals surface area contributed by atoms with Gasteiger partial charge in [0.1, 0.15) is 10.6 Å². The lowest BCUT2D eigenvalue weighted by Crippen LogP contribution is -2.38. The van der Waals surface area contributed by atoms with Gasteiger partial charge in [0.2, 0.25) is 10.0 Å². The van der Waals surface area contributed by atoms with Gasteiger partial charge in [0.25, 0.3) is 5.91 Å². The number of carbonyl (C=O) groups excluding carboxylic acids is 1. The molecule has 2 bridgehead atoms. The highest BCUT2D eigenvalue weighted by molar-refractivity contribution is 7.89. The second-order valence-corrected chi connectivity index (χ2v) is 7.98. The van der Waals surface area contributed by atoms with Gasteiger partial charge in [-0.2, -0.15) is 4.31 Å². The Kier molecular flexibility index (Phi) is 5.40. The molecule has 23 heavy (non-hydrogen) atoms. The zero-order valence-corrected chi connectivity index (χ0v) is 14.9. The van der Waals surface area contributed by atoms with E-state index in [1.165, 1.54) is 19.3 Å². The van der Waals surface area contributed by atoms with Gasteiger partial charge in [0, 0.05) is 45.5 Å². The highest BCUT2D eigenvalue weighted by atomic mass is 35.5. The van der Waals surface area contributed by atoms with Crippen LogP contribution in [0.1, 0.15) is 29.8 Å². The fourth-order valence-electron chi connectivity index (χ4n) is 3.31. The fourth-order valence-corrected chi connectivity index (χ4v) is 4.88. The normalized spacial score (nSPS) is 24.8. The molecule has 7 nitrogen and oxygen atoms in total. The van der Waals surface area contributed by atoms with Crippen LogP contribution in [0.5, 0.6) is 0 Å². The number of sulfonamides is 1. The molecule has 1 aromatic rings. The van der Waals surface area contributed by atoms with Crippen LogP contribution in [-0.2, 0) is 17.1 Å². The third-order valence-electron chi connectivity index (χ3n) is 4.56. The molecule has 0 spiro atoms. The maximum Gasteiger partial charge on any atom is 0.267 e. The van der Waals surface area contributed by atoms with Crippen LogP contribution in [-0.4, -0.2) is 55.4 Å². The lowest BCUT2D eigenvalue weighted by atomic mass is 10.1. The van der Waals surface area contributed by atoms with E-state index in [0.717, 1.165) is 19.3 Å². The molecule has 2 fully saturated rings. The van der Waals surface area contributed by atoms with Crippen molar-refractivity contribution in [1.29, 1.82) is 0 Å². The summed E-state index contributed by atoms with van der Waals surface area (Å²) in [6.07, 6.45) is 4.50.